The van der Waals surface area contributed by atoms with E-state index < -0.39 is 4.92 Å². The number of aromatic nitrogens is 1. The Morgan fingerprint density at radius 2 is 2.40 bits per heavy atom. The highest BCUT2D eigenvalue weighted by Gasteiger charge is 2.29. The number of pyridine rings is 1. The smallest absolute Gasteiger partial charge is 0.300 e. The molecule has 7 nitrogen and oxygen atoms in total. The largest absolute Gasteiger partial charge is 0.370 e. The average molecular weight is 278 g/mol. The number of nitro groups is 1. The summed E-state index contributed by atoms with van der Waals surface area (Å²) in [6.45, 7) is 5.90. The summed E-state index contributed by atoms with van der Waals surface area (Å²) in [6, 6.07) is 1.47. The monoisotopic (exact) mass is 278 g/mol. The molecule has 1 N–H and O–H groups in total. The lowest BCUT2D eigenvalue weighted by atomic mass is 10.1. The predicted octanol–water partition coefficient (Wildman–Crippen LogP) is 1.90. The normalized spacial score (nSPS) is 18.1. The van der Waals surface area contributed by atoms with E-state index >= 15 is 0 Å². The summed E-state index contributed by atoms with van der Waals surface area (Å²) in [4.78, 5) is 28.5. The molecule has 2 heterocycles. The van der Waals surface area contributed by atoms with Crippen molar-refractivity contribution < 1.29 is 9.72 Å². The van der Waals surface area contributed by atoms with Crippen LogP contribution >= 0.6 is 0 Å². The van der Waals surface area contributed by atoms with Crippen molar-refractivity contribution in [1.82, 2.24) is 9.88 Å². The first-order chi connectivity index (χ1) is 9.52. The van der Waals surface area contributed by atoms with Gasteiger partial charge in [0.2, 0.25) is 0 Å². The van der Waals surface area contributed by atoms with E-state index in [1.807, 2.05) is 6.92 Å². The second-order valence-electron chi connectivity index (χ2n) is 5.02. The summed E-state index contributed by atoms with van der Waals surface area (Å²) in [6.07, 6.45) is 2.08. The van der Waals surface area contributed by atoms with Gasteiger partial charge < -0.3 is 10.2 Å². The number of carbonyl (C=O) groups is 1. The molecule has 1 fully saturated rings. The Kier molecular flexibility index (Phi) is 4.16. The Hall–Kier alpha value is -2.18. The summed E-state index contributed by atoms with van der Waals surface area (Å²) in [5.41, 5.74) is -0.133. The van der Waals surface area contributed by atoms with Gasteiger partial charge in [0.1, 0.15) is 17.6 Å². The molecule has 1 atom stereocenters. The minimum Gasteiger partial charge on any atom is -0.370 e. The van der Waals surface area contributed by atoms with Crippen LogP contribution in [0.25, 0.3) is 0 Å². The van der Waals surface area contributed by atoms with E-state index in [0.29, 0.717) is 31.4 Å². The van der Waals surface area contributed by atoms with Gasteiger partial charge in [-0.3, -0.25) is 14.9 Å². The predicted molar refractivity (Wildman–Crippen MR) is 74.7 cm³/mol. The zero-order chi connectivity index (χ0) is 14.7. The van der Waals surface area contributed by atoms with E-state index in [9.17, 15) is 14.9 Å². The molecule has 1 aliphatic rings. The number of amides is 1. The minimum atomic E-state index is -0.560. The van der Waals surface area contributed by atoms with Gasteiger partial charge in [-0.1, -0.05) is 6.92 Å². The van der Waals surface area contributed by atoms with Crippen LogP contribution in [0.2, 0.25) is 0 Å². The molecule has 1 aliphatic heterocycles. The third kappa shape index (κ3) is 2.87. The fourth-order valence-corrected chi connectivity index (χ4v) is 2.33. The van der Waals surface area contributed by atoms with Crippen molar-refractivity contribution in [3.63, 3.8) is 0 Å². The topological polar surface area (TPSA) is 88.4 Å². The van der Waals surface area contributed by atoms with Gasteiger partial charge in [0.05, 0.1) is 4.92 Å². The lowest BCUT2D eigenvalue weighted by Crippen LogP contribution is -2.29. The summed E-state index contributed by atoms with van der Waals surface area (Å²) < 4.78 is 0. The highest BCUT2D eigenvalue weighted by atomic mass is 16.6. The standard InChI is InChI=1S/C13H18N4O3/c1-3-14-12-6-10(11(7-15-12)17(19)20)13(18)16-5-4-9(2)8-16/h6-7,9H,3-5,8H2,1-2H3,(H,14,15). The summed E-state index contributed by atoms with van der Waals surface area (Å²) in [5.74, 6) is 0.629. The Bertz CT molecular complexity index is 532. The van der Waals surface area contributed by atoms with Crippen LogP contribution in [0.3, 0.4) is 0 Å². The molecule has 1 saturated heterocycles. The first kappa shape index (κ1) is 14.2. The Labute approximate surface area is 117 Å². The van der Waals surface area contributed by atoms with Crippen molar-refractivity contribution in [2.45, 2.75) is 20.3 Å². The molecule has 0 aliphatic carbocycles. The second-order valence-corrected chi connectivity index (χ2v) is 5.02. The zero-order valence-corrected chi connectivity index (χ0v) is 11.6. The molecule has 0 spiro atoms. The summed E-state index contributed by atoms with van der Waals surface area (Å²) in [7, 11) is 0. The lowest BCUT2D eigenvalue weighted by molar-refractivity contribution is -0.385. The second kappa shape index (κ2) is 5.85. The molecule has 1 amide bonds. The molecular weight excluding hydrogens is 260 g/mol. The van der Waals surface area contributed by atoms with Gasteiger partial charge in [-0.2, -0.15) is 0 Å². The van der Waals surface area contributed by atoms with Crippen LogP contribution in [0.4, 0.5) is 11.5 Å². The Balaban J connectivity index is 2.33. The Morgan fingerprint density at radius 1 is 1.65 bits per heavy atom. The van der Waals surface area contributed by atoms with Crippen LogP contribution in [0.5, 0.6) is 0 Å². The summed E-state index contributed by atoms with van der Waals surface area (Å²) in [5, 5.41) is 14.0. The molecule has 0 saturated carbocycles. The van der Waals surface area contributed by atoms with Gasteiger partial charge in [-0.15, -0.1) is 0 Å². The van der Waals surface area contributed by atoms with Crippen molar-refractivity contribution in [2.75, 3.05) is 25.0 Å². The third-order valence-electron chi connectivity index (χ3n) is 3.38. The van der Waals surface area contributed by atoms with Crippen LogP contribution in [-0.4, -0.2) is 40.3 Å². The van der Waals surface area contributed by atoms with Crippen molar-refractivity contribution in [2.24, 2.45) is 5.92 Å². The number of nitrogens with zero attached hydrogens (tertiary/aromatic N) is 3. The molecule has 0 bridgehead atoms. The average Bonchev–Trinajstić information content (AvgIpc) is 2.84. The summed E-state index contributed by atoms with van der Waals surface area (Å²) >= 11 is 0. The number of anilines is 1. The van der Waals surface area contributed by atoms with Crippen LogP contribution in [0.1, 0.15) is 30.6 Å². The molecule has 1 aromatic rings. The number of carbonyl (C=O) groups excluding carboxylic acids is 1. The first-order valence-electron chi connectivity index (χ1n) is 6.70. The highest BCUT2D eigenvalue weighted by molar-refractivity contribution is 5.98. The molecule has 0 radical (unpaired) electrons. The molecule has 0 aromatic carbocycles. The SMILES string of the molecule is CCNc1cc(C(=O)N2CCC(C)C2)c([N+](=O)[O-])cn1. The van der Waals surface area contributed by atoms with Crippen LogP contribution in [0, 0.1) is 16.0 Å². The first-order valence-corrected chi connectivity index (χ1v) is 6.70. The van der Waals surface area contributed by atoms with E-state index in [4.69, 9.17) is 0 Å². The van der Waals surface area contributed by atoms with E-state index in [1.54, 1.807) is 4.90 Å². The van der Waals surface area contributed by atoms with Crippen LogP contribution in [0.15, 0.2) is 12.3 Å². The molecule has 7 heteroatoms. The van der Waals surface area contributed by atoms with E-state index in [2.05, 4.69) is 17.2 Å². The van der Waals surface area contributed by atoms with Gasteiger partial charge >= 0.3 is 0 Å². The number of rotatable bonds is 4. The third-order valence-corrected chi connectivity index (χ3v) is 3.38. The van der Waals surface area contributed by atoms with Crippen LogP contribution < -0.4 is 5.32 Å². The molecule has 2 rings (SSSR count). The fraction of sp³-hybridized carbons (Fsp3) is 0.538. The maximum Gasteiger partial charge on any atom is 0.300 e. The Morgan fingerprint density at radius 3 is 2.95 bits per heavy atom. The van der Waals surface area contributed by atoms with Crippen molar-refractivity contribution in [3.8, 4) is 0 Å². The van der Waals surface area contributed by atoms with Gasteiger partial charge in [-0.25, -0.2) is 4.98 Å². The van der Waals surface area contributed by atoms with E-state index in [1.165, 1.54) is 6.07 Å². The maximum absolute atomic E-state index is 12.4. The van der Waals surface area contributed by atoms with Gasteiger partial charge in [-0.05, 0) is 19.3 Å². The number of likely N-dealkylation sites (tertiary alicyclic amines) is 1. The van der Waals surface area contributed by atoms with Gasteiger partial charge in [0.15, 0.2) is 0 Å². The lowest BCUT2D eigenvalue weighted by Gasteiger charge is -2.16. The molecule has 20 heavy (non-hydrogen) atoms. The maximum atomic E-state index is 12.4. The van der Waals surface area contributed by atoms with Crippen molar-refractivity contribution >= 4 is 17.4 Å². The number of nitrogens with one attached hydrogen (secondary N) is 1. The molecule has 1 unspecified atom stereocenters. The molecule has 108 valence electrons. The molecule has 1 aromatic heterocycles. The number of hydrogen-bond donors (Lipinski definition) is 1. The fourth-order valence-electron chi connectivity index (χ4n) is 2.33. The number of hydrogen-bond acceptors (Lipinski definition) is 5. The minimum absolute atomic E-state index is 0.107. The van der Waals surface area contributed by atoms with Crippen molar-refractivity contribution in [3.05, 3.63) is 27.9 Å². The van der Waals surface area contributed by atoms with Gasteiger partial charge in [0.25, 0.3) is 11.6 Å². The van der Waals surface area contributed by atoms with E-state index in [-0.39, 0.29) is 17.2 Å². The molecular formula is C13H18N4O3. The zero-order valence-electron chi connectivity index (χ0n) is 11.6. The van der Waals surface area contributed by atoms with Crippen molar-refractivity contribution in [1.29, 1.82) is 0 Å². The van der Waals surface area contributed by atoms with E-state index in [0.717, 1.165) is 12.6 Å². The van der Waals surface area contributed by atoms with Crippen LogP contribution in [-0.2, 0) is 0 Å². The quantitative estimate of drug-likeness (QED) is 0.671. The van der Waals surface area contributed by atoms with Gasteiger partial charge in [0, 0.05) is 25.7 Å². The highest BCUT2D eigenvalue weighted by Crippen LogP contribution is 2.25.